The molecule has 0 fully saturated rings. The number of benzene rings is 2. The number of allylic oxidation sites excluding steroid dienone is 1. The lowest BCUT2D eigenvalue weighted by atomic mass is 9.94. The lowest BCUT2D eigenvalue weighted by Crippen LogP contribution is -2.46. The molecule has 0 spiro atoms. The molecule has 1 heterocycles. The molecule has 3 amide bonds. The second-order valence-electron chi connectivity index (χ2n) is 5.63. The number of imide groups is 1. The second-order valence-corrected chi connectivity index (χ2v) is 6.06. The molecule has 1 atom stereocenters. The van der Waals surface area contributed by atoms with Gasteiger partial charge in [0.2, 0.25) is 6.41 Å². The minimum Gasteiger partial charge on any atom is -0.307 e. The summed E-state index contributed by atoms with van der Waals surface area (Å²) in [5.74, 6) is 0. The summed E-state index contributed by atoms with van der Waals surface area (Å²) in [6.07, 6.45) is 4.49. The topological polar surface area (TPSA) is 66.5 Å². The van der Waals surface area contributed by atoms with Gasteiger partial charge < -0.3 is 5.32 Å². The predicted octanol–water partition coefficient (Wildman–Crippen LogP) is 3.73. The molecule has 0 saturated carbocycles. The molecule has 1 aliphatic heterocycles. The summed E-state index contributed by atoms with van der Waals surface area (Å²) < 4.78 is 0. The van der Waals surface area contributed by atoms with E-state index in [0.717, 1.165) is 10.5 Å². The number of halogens is 1. The van der Waals surface area contributed by atoms with Crippen LogP contribution in [0.5, 0.6) is 0 Å². The fraction of sp³-hybridized carbons (Fsp3) is 0.0500. The summed E-state index contributed by atoms with van der Waals surface area (Å²) in [4.78, 5) is 36.5. The van der Waals surface area contributed by atoms with Crippen LogP contribution in [0.1, 0.15) is 17.2 Å². The number of nitrogens with one attached hydrogen (secondary N) is 1. The third-order valence-electron chi connectivity index (χ3n) is 4.03. The van der Waals surface area contributed by atoms with E-state index in [1.165, 1.54) is 0 Å². The van der Waals surface area contributed by atoms with Crippen LogP contribution < -0.4 is 5.32 Å². The summed E-state index contributed by atoms with van der Waals surface area (Å²) >= 11 is 5.87. The normalized spacial score (nSPS) is 17.3. The van der Waals surface area contributed by atoms with Crippen molar-refractivity contribution in [1.29, 1.82) is 0 Å². The molecule has 3 rings (SSSR count). The van der Waals surface area contributed by atoms with Gasteiger partial charge in [0.15, 0.2) is 6.29 Å². The van der Waals surface area contributed by atoms with Crippen LogP contribution in [0, 0.1) is 0 Å². The van der Waals surface area contributed by atoms with Gasteiger partial charge >= 0.3 is 6.03 Å². The minimum atomic E-state index is -0.773. The van der Waals surface area contributed by atoms with Crippen LogP contribution in [0.15, 0.2) is 71.9 Å². The molecule has 26 heavy (non-hydrogen) atoms. The third kappa shape index (κ3) is 3.58. The molecule has 1 N–H and O–H groups in total. The zero-order valence-electron chi connectivity index (χ0n) is 13.6. The molecule has 0 aliphatic carbocycles. The highest BCUT2D eigenvalue weighted by molar-refractivity contribution is 6.30. The molecule has 6 heteroatoms. The average Bonchev–Trinajstić information content (AvgIpc) is 2.67. The Balaban J connectivity index is 2.04. The van der Waals surface area contributed by atoms with Gasteiger partial charge in [-0.1, -0.05) is 60.1 Å². The second kappa shape index (κ2) is 7.80. The van der Waals surface area contributed by atoms with E-state index in [9.17, 15) is 14.4 Å². The lowest BCUT2D eigenvalue weighted by Gasteiger charge is -2.33. The molecule has 0 saturated heterocycles. The highest BCUT2D eigenvalue weighted by atomic mass is 35.5. The van der Waals surface area contributed by atoms with E-state index in [0.29, 0.717) is 34.6 Å². The summed E-state index contributed by atoms with van der Waals surface area (Å²) in [5.41, 5.74) is 2.18. The molecule has 0 aromatic heterocycles. The van der Waals surface area contributed by atoms with E-state index in [2.05, 4.69) is 5.32 Å². The molecule has 0 bridgehead atoms. The van der Waals surface area contributed by atoms with Crippen LogP contribution in [-0.4, -0.2) is 23.6 Å². The van der Waals surface area contributed by atoms with Crippen molar-refractivity contribution in [3.05, 3.63) is 88.1 Å². The zero-order chi connectivity index (χ0) is 18.5. The SMILES string of the molecule is O=CC1=C(/C=C/c2ccc(Cl)cc2)NC(=O)N(C=O)C1c1ccccc1. The average molecular weight is 367 g/mol. The van der Waals surface area contributed by atoms with Gasteiger partial charge in [-0.2, -0.15) is 0 Å². The first-order valence-corrected chi connectivity index (χ1v) is 8.24. The number of nitrogens with zero attached hydrogens (tertiary/aromatic N) is 1. The van der Waals surface area contributed by atoms with Crippen molar-refractivity contribution in [3.8, 4) is 0 Å². The Labute approximate surface area is 155 Å². The summed E-state index contributed by atoms with van der Waals surface area (Å²) in [5, 5.41) is 3.21. The number of carbonyl (C=O) groups excluding carboxylic acids is 3. The van der Waals surface area contributed by atoms with Gasteiger partial charge in [0, 0.05) is 10.6 Å². The van der Waals surface area contributed by atoms with Gasteiger partial charge in [-0.25, -0.2) is 4.79 Å². The summed E-state index contributed by atoms with van der Waals surface area (Å²) in [6.45, 7) is 0. The Morgan fingerprint density at radius 3 is 2.27 bits per heavy atom. The number of hydrogen-bond donors (Lipinski definition) is 1. The Hall–Kier alpha value is -3.18. The molecule has 1 unspecified atom stereocenters. The van der Waals surface area contributed by atoms with Gasteiger partial charge in [-0.15, -0.1) is 0 Å². The number of amides is 3. The molecule has 0 radical (unpaired) electrons. The standard InChI is InChI=1S/C20H15ClN2O3/c21-16-9-6-14(7-10-16)8-11-18-17(12-24)19(15-4-2-1-3-5-15)23(13-25)20(26)22-18/h1-13,19H,(H,22,26)/b11-8+. The van der Waals surface area contributed by atoms with Crippen molar-refractivity contribution in [3.63, 3.8) is 0 Å². The molecule has 2 aromatic carbocycles. The van der Waals surface area contributed by atoms with Gasteiger partial charge in [0.1, 0.15) is 0 Å². The molecule has 1 aliphatic rings. The van der Waals surface area contributed by atoms with Crippen LogP contribution in [0.2, 0.25) is 5.02 Å². The van der Waals surface area contributed by atoms with Gasteiger partial charge in [-0.3, -0.25) is 14.5 Å². The Morgan fingerprint density at radius 2 is 1.65 bits per heavy atom. The van der Waals surface area contributed by atoms with Crippen LogP contribution in [-0.2, 0) is 9.59 Å². The van der Waals surface area contributed by atoms with Gasteiger partial charge in [0.05, 0.1) is 11.7 Å². The molecular formula is C20H15ClN2O3. The van der Waals surface area contributed by atoms with Crippen LogP contribution >= 0.6 is 11.6 Å². The lowest BCUT2D eigenvalue weighted by molar-refractivity contribution is -0.117. The molecule has 5 nitrogen and oxygen atoms in total. The van der Waals surface area contributed by atoms with Crippen LogP contribution in [0.4, 0.5) is 4.79 Å². The van der Waals surface area contributed by atoms with E-state index in [4.69, 9.17) is 11.6 Å². The smallest absolute Gasteiger partial charge is 0.307 e. The molecule has 130 valence electrons. The van der Waals surface area contributed by atoms with Crippen molar-refractivity contribution in [1.82, 2.24) is 10.2 Å². The number of aldehydes is 1. The number of rotatable bonds is 5. The van der Waals surface area contributed by atoms with E-state index >= 15 is 0 Å². The van der Waals surface area contributed by atoms with Crippen LogP contribution in [0.25, 0.3) is 6.08 Å². The van der Waals surface area contributed by atoms with Crippen molar-refractivity contribution in [2.24, 2.45) is 0 Å². The van der Waals surface area contributed by atoms with Gasteiger partial charge in [-0.05, 0) is 29.3 Å². The highest BCUT2D eigenvalue weighted by Gasteiger charge is 2.34. The van der Waals surface area contributed by atoms with E-state index in [-0.39, 0.29) is 0 Å². The third-order valence-corrected chi connectivity index (χ3v) is 4.28. The first-order valence-electron chi connectivity index (χ1n) is 7.86. The Morgan fingerprint density at radius 1 is 0.962 bits per heavy atom. The fourth-order valence-electron chi connectivity index (χ4n) is 2.77. The Bertz CT molecular complexity index is 889. The summed E-state index contributed by atoms with van der Waals surface area (Å²) in [6, 6.07) is 14.7. The van der Waals surface area contributed by atoms with E-state index in [1.54, 1.807) is 48.6 Å². The number of urea groups is 1. The number of carbonyl (C=O) groups is 3. The van der Waals surface area contributed by atoms with Crippen molar-refractivity contribution >= 4 is 36.4 Å². The van der Waals surface area contributed by atoms with Crippen molar-refractivity contribution in [2.75, 3.05) is 0 Å². The largest absolute Gasteiger partial charge is 0.329 e. The molecule has 2 aromatic rings. The maximum absolute atomic E-state index is 12.3. The maximum Gasteiger partial charge on any atom is 0.329 e. The quantitative estimate of drug-likeness (QED) is 0.820. The molecular weight excluding hydrogens is 352 g/mol. The van der Waals surface area contributed by atoms with Crippen molar-refractivity contribution < 1.29 is 14.4 Å². The monoisotopic (exact) mass is 366 g/mol. The number of hydrogen-bond acceptors (Lipinski definition) is 3. The maximum atomic E-state index is 12.3. The zero-order valence-corrected chi connectivity index (χ0v) is 14.4. The van der Waals surface area contributed by atoms with E-state index in [1.807, 2.05) is 18.2 Å². The first-order chi connectivity index (χ1) is 12.6. The van der Waals surface area contributed by atoms with Gasteiger partial charge in [0.25, 0.3) is 0 Å². The Kier molecular flexibility index (Phi) is 5.29. The van der Waals surface area contributed by atoms with Crippen LogP contribution in [0.3, 0.4) is 0 Å². The fourth-order valence-corrected chi connectivity index (χ4v) is 2.90. The first kappa shape index (κ1) is 17.6. The predicted molar refractivity (Wildman–Crippen MR) is 99.2 cm³/mol. The summed E-state index contributed by atoms with van der Waals surface area (Å²) in [7, 11) is 0. The minimum absolute atomic E-state index is 0.299. The highest BCUT2D eigenvalue weighted by Crippen LogP contribution is 2.31. The van der Waals surface area contributed by atoms with E-state index < -0.39 is 12.1 Å². The van der Waals surface area contributed by atoms with Crippen molar-refractivity contribution in [2.45, 2.75) is 6.04 Å².